The van der Waals surface area contributed by atoms with Crippen LogP contribution in [0.25, 0.3) is 0 Å². The molecule has 2 aromatic rings. The fourth-order valence-corrected chi connectivity index (χ4v) is 3.12. The van der Waals surface area contributed by atoms with Crippen molar-refractivity contribution in [3.8, 4) is 0 Å². The first-order valence-electron chi connectivity index (χ1n) is 7.76. The van der Waals surface area contributed by atoms with Gasteiger partial charge in [-0.3, -0.25) is 9.59 Å². The van der Waals surface area contributed by atoms with Crippen molar-refractivity contribution in [2.24, 2.45) is 0 Å². The Kier molecular flexibility index (Phi) is 4.76. The maximum Gasteiger partial charge on any atom is 0.274 e. The number of carbonyl (C=O) groups is 2. The molecule has 6 nitrogen and oxygen atoms in total. The Morgan fingerprint density at radius 2 is 2.12 bits per heavy atom. The Bertz CT molecular complexity index is 753. The molecular formula is C17H17ClN4O2. The maximum atomic E-state index is 12.8. The molecule has 3 rings (SSSR count). The third-order valence-corrected chi connectivity index (χ3v) is 4.37. The van der Waals surface area contributed by atoms with Gasteiger partial charge in [0.15, 0.2) is 0 Å². The summed E-state index contributed by atoms with van der Waals surface area (Å²) in [6.07, 6.45) is 3.23. The van der Waals surface area contributed by atoms with Crippen molar-refractivity contribution in [2.75, 3.05) is 18.0 Å². The number of para-hydroxylation sites is 1. The Morgan fingerprint density at radius 1 is 1.38 bits per heavy atom. The highest BCUT2D eigenvalue weighted by molar-refractivity contribution is 6.33. The molecule has 1 unspecified atom stereocenters. The summed E-state index contributed by atoms with van der Waals surface area (Å²) < 4.78 is 0. The van der Waals surface area contributed by atoms with E-state index in [9.17, 15) is 9.59 Å². The third kappa shape index (κ3) is 2.97. The van der Waals surface area contributed by atoms with Gasteiger partial charge in [-0.2, -0.15) is 0 Å². The summed E-state index contributed by atoms with van der Waals surface area (Å²) in [5.41, 5.74) is 0.966. The number of likely N-dealkylation sites (N-methyl/N-ethyl adjacent to an activating group) is 1. The highest BCUT2D eigenvalue weighted by atomic mass is 35.5. The SMILES string of the molecule is CCN(C(=O)c1ncncc1Cl)C1CCN(c2ccccc2)C1=O. The highest BCUT2D eigenvalue weighted by Crippen LogP contribution is 2.25. The van der Waals surface area contributed by atoms with Crippen LogP contribution in [0.5, 0.6) is 0 Å². The van der Waals surface area contributed by atoms with E-state index in [1.807, 2.05) is 37.3 Å². The zero-order valence-electron chi connectivity index (χ0n) is 13.2. The molecule has 7 heteroatoms. The monoisotopic (exact) mass is 344 g/mol. The van der Waals surface area contributed by atoms with E-state index in [0.717, 1.165) is 5.69 Å². The second-order valence-electron chi connectivity index (χ2n) is 5.44. The minimum Gasteiger partial charge on any atom is -0.325 e. The molecule has 0 N–H and O–H groups in total. The summed E-state index contributed by atoms with van der Waals surface area (Å²) in [6, 6.07) is 8.95. The van der Waals surface area contributed by atoms with Crippen molar-refractivity contribution >= 4 is 29.1 Å². The molecular weight excluding hydrogens is 328 g/mol. The number of anilines is 1. The van der Waals surface area contributed by atoms with Crippen molar-refractivity contribution in [3.05, 3.63) is 53.6 Å². The molecule has 1 fully saturated rings. The molecule has 0 bridgehead atoms. The van der Waals surface area contributed by atoms with Gasteiger partial charge in [0.2, 0.25) is 5.91 Å². The maximum absolute atomic E-state index is 12.8. The van der Waals surface area contributed by atoms with Crippen LogP contribution in [0.2, 0.25) is 5.02 Å². The van der Waals surface area contributed by atoms with Gasteiger partial charge in [0.1, 0.15) is 18.1 Å². The van der Waals surface area contributed by atoms with Gasteiger partial charge < -0.3 is 9.80 Å². The predicted octanol–water partition coefficient (Wildman–Crippen LogP) is 2.40. The summed E-state index contributed by atoms with van der Waals surface area (Å²) >= 11 is 6.02. The van der Waals surface area contributed by atoms with E-state index in [-0.39, 0.29) is 22.5 Å². The average molecular weight is 345 g/mol. The van der Waals surface area contributed by atoms with Gasteiger partial charge in [-0.05, 0) is 25.5 Å². The smallest absolute Gasteiger partial charge is 0.274 e. The fraction of sp³-hybridized carbons (Fsp3) is 0.294. The highest BCUT2D eigenvalue weighted by Gasteiger charge is 2.39. The Hall–Kier alpha value is -2.47. The fourth-order valence-electron chi connectivity index (χ4n) is 2.93. The number of hydrogen-bond acceptors (Lipinski definition) is 4. The number of hydrogen-bond donors (Lipinski definition) is 0. The quantitative estimate of drug-likeness (QED) is 0.854. The number of aromatic nitrogens is 2. The molecule has 1 aliphatic rings. The van der Waals surface area contributed by atoms with Crippen LogP contribution < -0.4 is 4.90 Å². The van der Waals surface area contributed by atoms with E-state index < -0.39 is 6.04 Å². The third-order valence-electron chi connectivity index (χ3n) is 4.09. The lowest BCUT2D eigenvalue weighted by molar-refractivity contribution is -0.120. The molecule has 0 radical (unpaired) electrons. The van der Waals surface area contributed by atoms with Crippen molar-refractivity contribution in [1.82, 2.24) is 14.9 Å². The number of rotatable bonds is 4. The Balaban J connectivity index is 1.83. The largest absolute Gasteiger partial charge is 0.325 e. The van der Waals surface area contributed by atoms with Gasteiger partial charge in [0, 0.05) is 25.0 Å². The first kappa shape index (κ1) is 16.4. The molecule has 1 aliphatic heterocycles. The predicted molar refractivity (Wildman–Crippen MR) is 91.0 cm³/mol. The van der Waals surface area contributed by atoms with E-state index in [0.29, 0.717) is 19.5 Å². The Labute approximate surface area is 145 Å². The van der Waals surface area contributed by atoms with E-state index in [4.69, 9.17) is 11.6 Å². The summed E-state index contributed by atoms with van der Waals surface area (Å²) in [5.74, 6) is -0.431. The molecule has 2 amide bonds. The second kappa shape index (κ2) is 6.97. The second-order valence-corrected chi connectivity index (χ2v) is 5.85. The molecule has 0 spiro atoms. The molecule has 0 saturated carbocycles. The zero-order valence-corrected chi connectivity index (χ0v) is 14.0. The Morgan fingerprint density at radius 3 is 2.79 bits per heavy atom. The summed E-state index contributed by atoms with van der Waals surface area (Å²) in [7, 11) is 0. The lowest BCUT2D eigenvalue weighted by Gasteiger charge is -2.26. The van der Waals surface area contributed by atoms with Crippen molar-refractivity contribution in [2.45, 2.75) is 19.4 Å². The van der Waals surface area contributed by atoms with Crippen LogP contribution in [0, 0.1) is 0 Å². The first-order chi connectivity index (χ1) is 11.6. The topological polar surface area (TPSA) is 66.4 Å². The summed E-state index contributed by atoms with van der Waals surface area (Å²) in [6.45, 7) is 2.82. The molecule has 1 saturated heterocycles. The van der Waals surface area contributed by atoms with Crippen LogP contribution in [0.4, 0.5) is 5.69 Å². The summed E-state index contributed by atoms with van der Waals surface area (Å²) in [4.78, 5) is 36.5. The van der Waals surface area contributed by atoms with Crippen molar-refractivity contribution in [1.29, 1.82) is 0 Å². The number of amides is 2. The van der Waals surface area contributed by atoms with Gasteiger partial charge in [0.25, 0.3) is 5.91 Å². The van der Waals surface area contributed by atoms with Crippen molar-refractivity contribution in [3.63, 3.8) is 0 Å². The van der Waals surface area contributed by atoms with Gasteiger partial charge in [-0.1, -0.05) is 29.8 Å². The van der Waals surface area contributed by atoms with Gasteiger partial charge in [0.05, 0.1) is 5.02 Å². The van der Waals surface area contributed by atoms with Crippen LogP contribution in [-0.2, 0) is 4.79 Å². The van der Waals surface area contributed by atoms with Crippen LogP contribution in [0.1, 0.15) is 23.8 Å². The molecule has 1 aromatic heterocycles. The van der Waals surface area contributed by atoms with Gasteiger partial charge >= 0.3 is 0 Å². The lowest BCUT2D eigenvalue weighted by Crippen LogP contribution is -2.45. The average Bonchev–Trinajstić information content (AvgIpc) is 2.98. The molecule has 124 valence electrons. The normalized spacial score (nSPS) is 17.2. The van der Waals surface area contributed by atoms with Crippen LogP contribution in [0.3, 0.4) is 0 Å². The number of carbonyl (C=O) groups excluding carboxylic acids is 2. The standard InChI is InChI=1S/C17H17ClN4O2/c1-2-21(17(24)15-13(18)10-19-11-20-15)14-8-9-22(16(14)23)12-6-4-3-5-7-12/h3-7,10-11,14H,2,8-9H2,1H3. The molecule has 2 heterocycles. The van der Waals surface area contributed by atoms with Crippen molar-refractivity contribution < 1.29 is 9.59 Å². The molecule has 0 aliphatic carbocycles. The lowest BCUT2D eigenvalue weighted by atomic mass is 10.2. The first-order valence-corrected chi connectivity index (χ1v) is 8.14. The minimum atomic E-state index is -0.506. The minimum absolute atomic E-state index is 0.0819. The van der Waals surface area contributed by atoms with E-state index >= 15 is 0 Å². The molecule has 1 aromatic carbocycles. The van der Waals surface area contributed by atoms with Crippen LogP contribution in [0.15, 0.2) is 42.9 Å². The summed E-state index contributed by atoms with van der Waals surface area (Å²) in [5, 5.41) is 0.186. The number of benzene rings is 1. The van der Waals surface area contributed by atoms with E-state index in [1.165, 1.54) is 17.4 Å². The van der Waals surface area contributed by atoms with Crippen LogP contribution >= 0.6 is 11.6 Å². The molecule has 1 atom stereocenters. The van der Waals surface area contributed by atoms with E-state index in [2.05, 4.69) is 9.97 Å². The molecule has 24 heavy (non-hydrogen) atoms. The number of halogens is 1. The van der Waals surface area contributed by atoms with Crippen LogP contribution in [-0.4, -0.2) is 45.8 Å². The van der Waals surface area contributed by atoms with E-state index in [1.54, 1.807) is 4.90 Å². The van der Waals surface area contributed by atoms with Gasteiger partial charge in [-0.25, -0.2) is 9.97 Å². The number of nitrogens with zero attached hydrogens (tertiary/aromatic N) is 4. The zero-order chi connectivity index (χ0) is 17.1. The van der Waals surface area contributed by atoms with Gasteiger partial charge in [-0.15, -0.1) is 0 Å².